The van der Waals surface area contributed by atoms with Gasteiger partial charge in [-0.05, 0) is 20.8 Å². The SMILES string of the molecule is CC(C)(C)OC(=O)NCCOc1cc(C(=O)O)c(Cl)nn1. The molecular weight excluding hydrogens is 302 g/mol. The molecule has 1 aromatic rings. The molecule has 116 valence electrons. The quantitative estimate of drug-likeness (QED) is 0.795. The van der Waals surface area contributed by atoms with E-state index in [9.17, 15) is 9.59 Å². The fourth-order valence-electron chi connectivity index (χ4n) is 1.20. The molecule has 1 amide bonds. The molecule has 0 radical (unpaired) electrons. The number of nitrogens with zero attached hydrogens (tertiary/aromatic N) is 2. The summed E-state index contributed by atoms with van der Waals surface area (Å²) in [7, 11) is 0. The molecule has 0 fully saturated rings. The van der Waals surface area contributed by atoms with Crippen LogP contribution in [0, 0.1) is 0 Å². The van der Waals surface area contributed by atoms with Crippen LogP contribution < -0.4 is 10.1 Å². The summed E-state index contributed by atoms with van der Waals surface area (Å²) in [5, 5.41) is 18.2. The van der Waals surface area contributed by atoms with E-state index in [-0.39, 0.29) is 29.7 Å². The highest BCUT2D eigenvalue weighted by molar-refractivity contribution is 6.32. The maximum Gasteiger partial charge on any atom is 0.407 e. The Bertz CT molecular complexity index is 530. The number of ether oxygens (including phenoxy) is 2. The van der Waals surface area contributed by atoms with Crippen molar-refractivity contribution in [2.24, 2.45) is 0 Å². The topological polar surface area (TPSA) is 111 Å². The Balaban J connectivity index is 2.41. The molecule has 0 aliphatic rings. The van der Waals surface area contributed by atoms with Crippen molar-refractivity contribution in [3.05, 3.63) is 16.8 Å². The van der Waals surface area contributed by atoms with Gasteiger partial charge in [-0.25, -0.2) is 9.59 Å². The molecule has 0 unspecified atom stereocenters. The minimum atomic E-state index is -1.23. The van der Waals surface area contributed by atoms with Crippen LogP contribution >= 0.6 is 11.6 Å². The zero-order chi connectivity index (χ0) is 16.0. The predicted molar refractivity (Wildman–Crippen MR) is 73.7 cm³/mol. The number of carboxylic acids is 1. The second-order valence-corrected chi connectivity index (χ2v) is 5.33. The van der Waals surface area contributed by atoms with Gasteiger partial charge in [0.1, 0.15) is 17.8 Å². The number of alkyl carbamates (subject to hydrolysis) is 1. The number of carbonyl (C=O) groups excluding carboxylic acids is 1. The van der Waals surface area contributed by atoms with E-state index in [1.165, 1.54) is 0 Å². The van der Waals surface area contributed by atoms with Crippen molar-refractivity contribution in [1.82, 2.24) is 15.5 Å². The summed E-state index contributed by atoms with van der Waals surface area (Å²) in [5.41, 5.74) is -0.787. The summed E-state index contributed by atoms with van der Waals surface area (Å²) in [5.74, 6) is -1.23. The molecule has 0 aromatic carbocycles. The lowest BCUT2D eigenvalue weighted by molar-refractivity contribution is 0.0519. The van der Waals surface area contributed by atoms with E-state index in [0.29, 0.717) is 0 Å². The third-order valence-electron chi connectivity index (χ3n) is 1.98. The van der Waals surface area contributed by atoms with Crippen LogP contribution in [0.1, 0.15) is 31.1 Å². The van der Waals surface area contributed by atoms with Crippen molar-refractivity contribution in [3.63, 3.8) is 0 Å². The van der Waals surface area contributed by atoms with Crippen LogP contribution in [0.3, 0.4) is 0 Å². The van der Waals surface area contributed by atoms with Crippen LogP contribution in [-0.2, 0) is 4.74 Å². The fourth-order valence-corrected chi connectivity index (χ4v) is 1.38. The van der Waals surface area contributed by atoms with Gasteiger partial charge in [-0.1, -0.05) is 11.6 Å². The summed E-state index contributed by atoms with van der Waals surface area (Å²) in [4.78, 5) is 22.2. The van der Waals surface area contributed by atoms with E-state index < -0.39 is 17.7 Å². The van der Waals surface area contributed by atoms with Crippen LogP contribution in [0.25, 0.3) is 0 Å². The van der Waals surface area contributed by atoms with Crippen LogP contribution in [0.15, 0.2) is 6.07 Å². The number of halogens is 1. The normalized spacial score (nSPS) is 10.9. The van der Waals surface area contributed by atoms with Gasteiger partial charge in [0.25, 0.3) is 0 Å². The van der Waals surface area contributed by atoms with E-state index >= 15 is 0 Å². The highest BCUT2D eigenvalue weighted by atomic mass is 35.5. The number of hydrogen-bond acceptors (Lipinski definition) is 6. The number of aromatic nitrogens is 2. The molecule has 0 saturated heterocycles. The van der Waals surface area contributed by atoms with E-state index in [1.54, 1.807) is 20.8 Å². The molecule has 0 atom stereocenters. The fraction of sp³-hybridized carbons (Fsp3) is 0.500. The van der Waals surface area contributed by atoms with Crippen molar-refractivity contribution in [2.75, 3.05) is 13.2 Å². The first-order valence-corrected chi connectivity index (χ1v) is 6.43. The number of amides is 1. The van der Waals surface area contributed by atoms with Crippen molar-refractivity contribution < 1.29 is 24.2 Å². The van der Waals surface area contributed by atoms with Gasteiger partial charge in [0, 0.05) is 6.07 Å². The molecule has 9 heteroatoms. The van der Waals surface area contributed by atoms with E-state index in [0.717, 1.165) is 6.07 Å². The zero-order valence-electron chi connectivity index (χ0n) is 11.8. The minimum Gasteiger partial charge on any atom is -0.478 e. The summed E-state index contributed by atoms with van der Waals surface area (Å²) in [6.45, 7) is 5.50. The van der Waals surface area contributed by atoms with Gasteiger partial charge in [0.2, 0.25) is 5.88 Å². The van der Waals surface area contributed by atoms with Gasteiger partial charge in [0.15, 0.2) is 5.15 Å². The largest absolute Gasteiger partial charge is 0.478 e. The van der Waals surface area contributed by atoms with Gasteiger partial charge in [-0.15, -0.1) is 10.2 Å². The third-order valence-corrected chi connectivity index (χ3v) is 2.26. The monoisotopic (exact) mass is 317 g/mol. The average Bonchev–Trinajstić information content (AvgIpc) is 2.34. The van der Waals surface area contributed by atoms with Crippen molar-refractivity contribution >= 4 is 23.7 Å². The van der Waals surface area contributed by atoms with Gasteiger partial charge >= 0.3 is 12.1 Å². The Morgan fingerprint density at radius 2 is 2.05 bits per heavy atom. The maximum absolute atomic E-state index is 11.3. The predicted octanol–water partition coefficient (Wildman–Crippen LogP) is 1.73. The van der Waals surface area contributed by atoms with Crippen LogP contribution in [0.4, 0.5) is 4.79 Å². The number of hydrogen-bond donors (Lipinski definition) is 2. The van der Waals surface area contributed by atoms with Crippen LogP contribution in [0.2, 0.25) is 5.15 Å². The summed E-state index contributed by atoms with van der Waals surface area (Å²) >= 11 is 5.57. The minimum absolute atomic E-state index is 0.00258. The number of nitrogens with one attached hydrogen (secondary N) is 1. The second kappa shape index (κ2) is 7.07. The average molecular weight is 318 g/mol. The van der Waals surface area contributed by atoms with Crippen molar-refractivity contribution in [3.8, 4) is 5.88 Å². The lowest BCUT2D eigenvalue weighted by Crippen LogP contribution is -2.34. The molecular formula is C12H16ClN3O5. The molecule has 0 saturated carbocycles. The number of carboxylic acid groups (broad SMARTS) is 1. The van der Waals surface area contributed by atoms with E-state index in [4.69, 9.17) is 26.2 Å². The maximum atomic E-state index is 11.3. The molecule has 0 aliphatic carbocycles. The summed E-state index contributed by atoms with van der Waals surface area (Å²) < 4.78 is 10.2. The Kier molecular flexibility index (Phi) is 5.71. The Labute approximate surface area is 126 Å². The molecule has 1 heterocycles. The summed E-state index contributed by atoms with van der Waals surface area (Å²) in [6.07, 6.45) is -0.570. The number of rotatable bonds is 5. The zero-order valence-corrected chi connectivity index (χ0v) is 12.6. The number of aromatic carboxylic acids is 1. The Hall–Kier alpha value is -2.09. The van der Waals surface area contributed by atoms with Crippen LogP contribution in [-0.4, -0.2) is 46.1 Å². The highest BCUT2D eigenvalue weighted by Crippen LogP contribution is 2.16. The lowest BCUT2D eigenvalue weighted by Gasteiger charge is -2.19. The summed E-state index contributed by atoms with van der Waals surface area (Å²) in [6, 6.07) is 1.16. The number of carbonyl (C=O) groups is 2. The Morgan fingerprint density at radius 3 is 2.62 bits per heavy atom. The Morgan fingerprint density at radius 1 is 1.38 bits per heavy atom. The van der Waals surface area contributed by atoms with Crippen LogP contribution in [0.5, 0.6) is 5.88 Å². The van der Waals surface area contributed by atoms with Gasteiger partial charge in [-0.2, -0.15) is 0 Å². The molecule has 0 bridgehead atoms. The van der Waals surface area contributed by atoms with Crippen molar-refractivity contribution in [1.29, 1.82) is 0 Å². The molecule has 2 N–H and O–H groups in total. The van der Waals surface area contributed by atoms with Gasteiger partial charge in [0.05, 0.1) is 6.54 Å². The van der Waals surface area contributed by atoms with E-state index in [1.807, 2.05) is 0 Å². The van der Waals surface area contributed by atoms with Gasteiger partial charge in [-0.3, -0.25) is 0 Å². The first kappa shape index (κ1) is 17.0. The molecule has 1 aromatic heterocycles. The second-order valence-electron chi connectivity index (χ2n) is 4.97. The van der Waals surface area contributed by atoms with Gasteiger partial charge < -0.3 is 19.9 Å². The first-order valence-electron chi connectivity index (χ1n) is 6.05. The molecule has 8 nitrogen and oxygen atoms in total. The highest BCUT2D eigenvalue weighted by Gasteiger charge is 2.16. The first-order chi connectivity index (χ1) is 9.69. The molecule has 0 aliphatic heterocycles. The third kappa shape index (κ3) is 6.26. The standard InChI is InChI=1S/C12H16ClN3O5/c1-12(2,3)21-11(19)14-4-5-20-8-6-7(10(17)18)9(13)16-15-8/h6H,4-5H2,1-3H3,(H,14,19)(H,17,18). The molecule has 1 rings (SSSR count). The van der Waals surface area contributed by atoms with Crippen molar-refractivity contribution in [2.45, 2.75) is 26.4 Å². The lowest BCUT2D eigenvalue weighted by atomic mass is 10.2. The molecule has 0 spiro atoms. The smallest absolute Gasteiger partial charge is 0.407 e. The van der Waals surface area contributed by atoms with E-state index in [2.05, 4.69) is 15.5 Å². The molecule has 21 heavy (non-hydrogen) atoms.